The summed E-state index contributed by atoms with van der Waals surface area (Å²) in [6.07, 6.45) is 3.67. The highest BCUT2D eigenvalue weighted by molar-refractivity contribution is 5.97. The van der Waals surface area contributed by atoms with Crippen LogP contribution in [0.4, 0.5) is 11.4 Å². The summed E-state index contributed by atoms with van der Waals surface area (Å²) in [4.78, 5) is 8.91. The molecule has 0 saturated carbocycles. The molecule has 0 radical (unpaired) electrons. The van der Waals surface area contributed by atoms with Crippen molar-refractivity contribution in [2.24, 2.45) is 9.98 Å². The van der Waals surface area contributed by atoms with Crippen LogP contribution in [0.25, 0.3) is 10.8 Å². The van der Waals surface area contributed by atoms with E-state index in [1.807, 2.05) is 13.0 Å². The molecule has 0 unspecified atom stereocenters. The molecule has 3 aromatic carbocycles. The highest BCUT2D eigenvalue weighted by atomic mass is 15.1. The molecule has 0 saturated heterocycles. The van der Waals surface area contributed by atoms with Crippen molar-refractivity contribution < 1.29 is 0 Å². The van der Waals surface area contributed by atoms with Gasteiger partial charge in [0.1, 0.15) is 5.82 Å². The van der Waals surface area contributed by atoms with Crippen molar-refractivity contribution in [3.8, 4) is 0 Å². The van der Waals surface area contributed by atoms with Crippen LogP contribution in [0.5, 0.6) is 0 Å². The van der Waals surface area contributed by atoms with Crippen LogP contribution in [-0.2, 0) is 18.3 Å². The molecule has 0 aliphatic carbocycles. The van der Waals surface area contributed by atoms with Crippen molar-refractivity contribution in [1.82, 2.24) is 0 Å². The molecule has 0 atom stereocenters. The highest BCUT2D eigenvalue weighted by Gasteiger charge is 2.17. The topological polar surface area (TPSA) is 48.8 Å². The van der Waals surface area contributed by atoms with Gasteiger partial charge in [0.05, 0.1) is 0 Å². The number of benzene rings is 3. The summed E-state index contributed by atoms with van der Waals surface area (Å²) in [7, 11) is 0. The van der Waals surface area contributed by atoms with Crippen LogP contribution in [0.15, 0.2) is 82.7 Å². The second kappa shape index (κ2) is 12.3. The number of hydrogen-bond acceptors (Lipinski definition) is 4. The maximum Gasteiger partial charge on any atom is 0.100 e. The fourth-order valence-electron chi connectivity index (χ4n) is 4.85. The summed E-state index contributed by atoms with van der Waals surface area (Å²) in [5.41, 5.74) is 9.19. The van der Waals surface area contributed by atoms with Gasteiger partial charge in [-0.3, -0.25) is 9.98 Å². The van der Waals surface area contributed by atoms with Gasteiger partial charge in [-0.15, -0.1) is 0 Å². The Hall–Kier alpha value is -3.66. The van der Waals surface area contributed by atoms with Crippen LogP contribution in [0, 0.1) is 6.92 Å². The predicted octanol–water partition coefficient (Wildman–Crippen LogP) is 9.00. The van der Waals surface area contributed by atoms with E-state index in [1.54, 1.807) is 0 Å². The summed E-state index contributed by atoms with van der Waals surface area (Å²) in [5.74, 6) is 0.747. The average molecular weight is 509 g/mol. The quantitative estimate of drug-likeness (QED) is 0.268. The second-order valence-corrected chi connectivity index (χ2v) is 11.3. The van der Waals surface area contributed by atoms with E-state index in [0.717, 1.165) is 40.4 Å². The maximum absolute atomic E-state index is 4.61. The van der Waals surface area contributed by atoms with Crippen molar-refractivity contribution in [3.63, 3.8) is 0 Å². The van der Waals surface area contributed by atoms with E-state index in [0.29, 0.717) is 6.42 Å². The van der Waals surface area contributed by atoms with Gasteiger partial charge >= 0.3 is 0 Å². The first-order valence-corrected chi connectivity index (χ1v) is 13.5. The van der Waals surface area contributed by atoms with E-state index >= 15 is 0 Å². The summed E-state index contributed by atoms with van der Waals surface area (Å²) in [6, 6.07) is 17.6. The van der Waals surface area contributed by atoms with Crippen LogP contribution in [-0.4, -0.2) is 18.5 Å². The van der Waals surface area contributed by atoms with Gasteiger partial charge in [0, 0.05) is 40.6 Å². The van der Waals surface area contributed by atoms with Gasteiger partial charge in [-0.1, -0.05) is 70.7 Å². The lowest BCUT2D eigenvalue weighted by atomic mass is 9.84. The minimum Gasteiger partial charge on any atom is -0.342 e. The normalized spacial score (nSPS) is 12.7. The second-order valence-electron chi connectivity index (χ2n) is 11.3. The minimum atomic E-state index is 0.0705. The molecule has 3 aromatic rings. The number of allylic oxidation sites excluding steroid dienone is 2. The van der Waals surface area contributed by atoms with E-state index in [2.05, 4.69) is 131 Å². The SMILES string of the molecule is C=N/C(=C\C(C)=NC(C)C)Cc1ccc(NC(=C)Nc2cc(C(C)(C)C)cc(C)c2CC)c2ccccc12. The van der Waals surface area contributed by atoms with Crippen LogP contribution >= 0.6 is 0 Å². The Bertz CT molecular complexity index is 1380. The zero-order chi connectivity index (χ0) is 28.0. The van der Waals surface area contributed by atoms with Gasteiger partial charge in [0.25, 0.3) is 0 Å². The Balaban J connectivity index is 1.91. The Morgan fingerprint density at radius 2 is 1.66 bits per heavy atom. The first kappa shape index (κ1) is 28.9. The lowest BCUT2D eigenvalue weighted by Gasteiger charge is -2.24. The lowest BCUT2D eigenvalue weighted by molar-refractivity contribution is 0.589. The summed E-state index contributed by atoms with van der Waals surface area (Å²) in [6.45, 7) is 25.4. The summed E-state index contributed by atoms with van der Waals surface area (Å²) < 4.78 is 0. The van der Waals surface area contributed by atoms with E-state index in [9.17, 15) is 0 Å². The third-order valence-corrected chi connectivity index (χ3v) is 6.69. The highest BCUT2D eigenvalue weighted by Crippen LogP contribution is 2.32. The van der Waals surface area contributed by atoms with Gasteiger partial charge in [0.2, 0.25) is 0 Å². The third kappa shape index (κ3) is 7.22. The fraction of sp³-hybridized carbons (Fsp3) is 0.353. The number of anilines is 2. The number of nitrogens with zero attached hydrogens (tertiary/aromatic N) is 2. The standard InChI is InChI=1S/C34H44N4/c1-11-29-23(4)18-27(34(7,8)9)21-33(29)38-25(6)37-32-17-16-26(30-14-12-13-15-31(30)32)20-28(35-10)19-24(5)36-22(2)3/h12-19,21-22,37-38H,6,10-11,20H2,1-5,7-9H3/b28-19-,36-24?. The van der Waals surface area contributed by atoms with Crippen molar-refractivity contribution in [2.45, 2.75) is 79.7 Å². The van der Waals surface area contributed by atoms with Gasteiger partial charge in [-0.25, -0.2) is 0 Å². The molecule has 3 rings (SSSR count). The molecule has 0 amide bonds. The van der Waals surface area contributed by atoms with Gasteiger partial charge in [-0.05, 0) is 92.1 Å². The zero-order valence-electron chi connectivity index (χ0n) is 24.5. The van der Waals surface area contributed by atoms with E-state index in [1.165, 1.54) is 27.6 Å². The number of fused-ring (bicyclic) bond motifs is 1. The maximum atomic E-state index is 4.61. The predicted molar refractivity (Wildman–Crippen MR) is 169 cm³/mol. The number of aliphatic imine (C=N–C) groups is 2. The smallest absolute Gasteiger partial charge is 0.100 e. The van der Waals surface area contributed by atoms with E-state index < -0.39 is 0 Å². The molecule has 4 heteroatoms. The van der Waals surface area contributed by atoms with Gasteiger partial charge in [-0.2, -0.15) is 0 Å². The van der Waals surface area contributed by atoms with E-state index in [4.69, 9.17) is 0 Å². The number of hydrogen-bond donors (Lipinski definition) is 2. The molecule has 0 aliphatic heterocycles. The van der Waals surface area contributed by atoms with Gasteiger partial charge < -0.3 is 10.6 Å². The van der Waals surface area contributed by atoms with Crippen LogP contribution < -0.4 is 10.6 Å². The first-order chi connectivity index (χ1) is 17.9. The average Bonchev–Trinajstić information content (AvgIpc) is 2.83. The van der Waals surface area contributed by atoms with Crippen LogP contribution in [0.2, 0.25) is 0 Å². The zero-order valence-corrected chi connectivity index (χ0v) is 24.5. The summed E-state index contributed by atoms with van der Waals surface area (Å²) in [5, 5.41) is 9.42. The van der Waals surface area contributed by atoms with Gasteiger partial charge in [0.15, 0.2) is 0 Å². The molecule has 0 spiro atoms. The lowest BCUT2D eigenvalue weighted by Crippen LogP contribution is -2.15. The molecular weight excluding hydrogens is 464 g/mol. The van der Waals surface area contributed by atoms with Crippen molar-refractivity contribution in [2.75, 3.05) is 10.6 Å². The summed E-state index contributed by atoms with van der Waals surface area (Å²) >= 11 is 0. The fourth-order valence-corrected chi connectivity index (χ4v) is 4.85. The molecule has 0 bridgehead atoms. The third-order valence-electron chi connectivity index (χ3n) is 6.69. The van der Waals surface area contributed by atoms with E-state index in [-0.39, 0.29) is 11.5 Å². The number of rotatable bonds is 10. The van der Waals surface area contributed by atoms with Crippen molar-refractivity contribution >= 4 is 34.6 Å². The molecule has 0 aliphatic rings. The molecule has 0 aromatic heterocycles. The molecule has 38 heavy (non-hydrogen) atoms. The molecule has 2 N–H and O–H groups in total. The molecule has 200 valence electrons. The van der Waals surface area contributed by atoms with Crippen LogP contribution in [0.1, 0.15) is 70.7 Å². The van der Waals surface area contributed by atoms with Crippen LogP contribution in [0.3, 0.4) is 0 Å². The Morgan fingerprint density at radius 3 is 2.26 bits per heavy atom. The van der Waals surface area contributed by atoms with Crippen molar-refractivity contribution in [1.29, 1.82) is 0 Å². The molecule has 0 heterocycles. The first-order valence-electron chi connectivity index (χ1n) is 13.5. The number of aryl methyl sites for hydroxylation is 1. The Morgan fingerprint density at radius 1 is 1.00 bits per heavy atom. The minimum absolute atomic E-state index is 0.0705. The Labute approximate surface area is 229 Å². The molecule has 0 fully saturated rings. The monoisotopic (exact) mass is 508 g/mol. The largest absolute Gasteiger partial charge is 0.342 e. The number of nitrogens with one attached hydrogen (secondary N) is 2. The van der Waals surface area contributed by atoms with Crippen molar-refractivity contribution in [3.05, 3.63) is 95.0 Å². The molecular formula is C34H44N4. The Kier molecular flexibility index (Phi) is 9.32. The molecule has 4 nitrogen and oxygen atoms in total.